The summed E-state index contributed by atoms with van der Waals surface area (Å²) in [6.07, 6.45) is 66.9. The molecule has 0 aromatic carbocycles. The molecule has 352 valence electrons. The Bertz CT molecular complexity index is 807. The number of rotatable bonds is 53. The van der Waals surface area contributed by atoms with Crippen molar-refractivity contribution in [3.05, 3.63) is 0 Å². The number of aliphatic carboxylic acids is 1. The molecule has 0 saturated carbocycles. The molecule has 0 heterocycles. The van der Waals surface area contributed by atoms with E-state index < -0.39 is 5.97 Å². The van der Waals surface area contributed by atoms with E-state index in [2.05, 4.69) is 13.8 Å². The topological polar surface area (TPSA) is 54.4 Å². The summed E-state index contributed by atoms with van der Waals surface area (Å²) in [6.45, 7) is 4.59. The van der Waals surface area contributed by atoms with Crippen molar-refractivity contribution in [2.24, 2.45) is 5.92 Å². The Morgan fingerprint density at radius 3 is 0.627 bits per heavy atom. The molecule has 3 heteroatoms. The fourth-order valence-corrected chi connectivity index (χ4v) is 9.34. The second kappa shape index (κ2) is 51.5. The molecule has 0 radical (unpaired) electrons. The van der Waals surface area contributed by atoms with E-state index >= 15 is 0 Å². The maximum atomic E-state index is 12.3. The minimum absolute atomic E-state index is 0.118. The van der Waals surface area contributed by atoms with Crippen LogP contribution in [0.1, 0.15) is 341 Å². The molecule has 0 amide bonds. The fraction of sp³-hybridized carbons (Fsp3) is 0.964. The molecule has 0 bridgehead atoms. The molecule has 0 aromatic heterocycles. The van der Waals surface area contributed by atoms with Crippen molar-refractivity contribution in [3.63, 3.8) is 0 Å². The summed E-state index contributed by atoms with van der Waals surface area (Å²) in [5.41, 5.74) is 0. The average Bonchev–Trinajstić information content (AvgIpc) is 3.23. The van der Waals surface area contributed by atoms with Gasteiger partial charge in [-0.3, -0.25) is 9.59 Å². The van der Waals surface area contributed by atoms with Crippen molar-refractivity contribution < 1.29 is 14.7 Å². The first-order valence-corrected chi connectivity index (χ1v) is 27.9. The minimum atomic E-state index is -0.562. The summed E-state index contributed by atoms with van der Waals surface area (Å²) in [5, 5.41) is 9.73. The first-order valence-electron chi connectivity index (χ1n) is 27.9. The van der Waals surface area contributed by atoms with Crippen molar-refractivity contribution in [2.45, 2.75) is 341 Å². The number of Topliss-reactive ketones (excluding diaryl/α,β-unsaturated/α-hetero) is 1. The third kappa shape index (κ3) is 49.7. The Morgan fingerprint density at radius 2 is 0.441 bits per heavy atom. The fourth-order valence-electron chi connectivity index (χ4n) is 9.34. The van der Waals surface area contributed by atoms with Gasteiger partial charge in [-0.05, 0) is 25.7 Å². The molecule has 0 aliphatic rings. The van der Waals surface area contributed by atoms with Crippen LogP contribution in [-0.2, 0) is 9.59 Å². The molecular weight excluding hydrogens is 721 g/mol. The normalized spacial score (nSPS) is 12.1. The summed E-state index contributed by atoms with van der Waals surface area (Å²) in [6, 6.07) is 0. The van der Waals surface area contributed by atoms with E-state index in [-0.39, 0.29) is 5.92 Å². The summed E-state index contributed by atoms with van der Waals surface area (Å²) in [5.74, 6) is -0.171. The van der Waals surface area contributed by atoms with Crippen LogP contribution in [0.2, 0.25) is 0 Å². The Balaban J connectivity index is 3.35. The van der Waals surface area contributed by atoms with Crippen LogP contribution in [0.15, 0.2) is 0 Å². The lowest BCUT2D eigenvalue weighted by atomic mass is 9.94. The summed E-state index contributed by atoms with van der Waals surface area (Å²) in [4.78, 5) is 24.1. The van der Waals surface area contributed by atoms with E-state index in [0.29, 0.717) is 5.78 Å². The van der Waals surface area contributed by atoms with Gasteiger partial charge in [-0.25, -0.2) is 0 Å². The van der Waals surface area contributed by atoms with Crippen LogP contribution in [0, 0.1) is 5.92 Å². The maximum absolute atomic E-state index is 12.3. The molecule has 1 N–H and O–H groups in total. The van der Waals surface area contributed by atoms with Crippen LogP contribution < -0.4 is 0 Å². The standard InChI is InChI=1S/C56H110O3/c1-3-5-7-9-11-13-15-17-19-20-21-23-26-30-34-38-42-46-50-54(56(58)59)51-47-43-39-35-31-27-24-25-29-33-37-41-45-49-53-55(57)52-48-44-40-36-32-28-22-18-16-14-12-10-8-6-4-2/h54H,3-53H2,1-2H3,(H,58,59). The van der Waals surface area contributed by atoms with Crippen molar-refractivity contribution in [1.82, 2.24) is 0 Å². The highest BCUT2D eigenvalue weighted by Gasteiger charge is 2.16. The van der Waals surface area contributed by atoms with E-state index in [1.54, 1.807) is 0 Å². The lowest BCUT2D eigenvalue weighted by Gasteiger charge is -2.12. The number of hydrogen-bond acceptors (Lipinski definition) is 2. The number of carboxylic acids is 1. The van der Waals surface area contributed by atoms with E-state index in [4.69, 9.17) is 0 Å². The number of ketones is 1. The second-order valence-electron chi connectivity index (χ2n) is 19.6. The van der Waals surface area contributed by atoms with Gasteiger partial charge < -0.3 is 5.11 Å². The highest BCUT2D eigenvalue weighted by Crippen LogP contribution is 2.21. The van der Waals surface area contributed by atoms with Gasteiger partial charge in [0.05, 0.1) is 5.92 Å². The van der Waals surface area contributed by atoms with E-state index in [0.717, 1.165) is 51.4 Å². The summed E-state index contributed by atoms with van der Waals surface area (Å²) in [7, 11) is 0. The Hall–Kier alpha value is -0.860. The maximum Gasteiger partial charge on any atom is 0.306 e. The predicted octanol–water partition coefficient (Wildman–Crippen LogP) is 20.2. The van der Waals surface area contributed by atoms with Crippen molar-refractivity contribution in [3.8, 4) is 0 Å². The molecule has 1 unspecified atom stereocenters. The molecule has 0 saturated heterocycles. The smallest absolute Gasteiger partial charge is 0.306 e. The number of carboxylic acid groups (broad SMARTS) is 1. The minimum Gasteiger partial charge on any atom is -0.481 e. The van der Waals surface area contributed by atoms with E-state index in [1.807, 2.05) is 0 Å². The monoisotopic (exact) mass is 831 g/mol. The average molecular weight is 831 g/mol. The van der Waals surface area contributed by atoms with Gasteiger partial charge in [0.15, 0.2) is 0 Å². The van der Waals surface area contributed by atoms with Crippen molar-refractivity contribution in [2.75, 3.05) is 0 Å². The third-order valence-electron chi connectivity index (χ3n) is 13.6. The number of hydrogen-bond donors (Lipinski definition) is 1. The lowest BCUT2D eigenvalue weighted by Crippen LogP contribution is -2.13. The second-order valence-corrected chi connectivity index (χ2v) is 19.6. The molecule has 0 fully saturated rings. The molecule has 1 atom stereocenters. The Morgan fingerprint density at radius 1 is 0.271 bits per heavy atom. The van der Waals surface area contributed by atoms with Gasteiger partial charge in [0.25, 0.3) is 0 Å². The van der Waals surface area contributed by atoms with Gasteiger partial charge in [-0.1, -0.05) is 303 Å². The van der Waals surface area contributed by atoms with Crippen LogP contribution >= 0.6 is 0 Å². The van der Waals surface area contributed by atoms with Crippen LogP contribution in [0.4, 0.5) is 0 Å². The van der Waals surface area contributed by atoms with Gasteiger partial charge in [-0.15, -0.1) is 0 Å². The first-order chi connectivity index (χ1) is 29.1. The lowest BCUT2D eigenvalue weighted by molar-refractivity contribution is -0.142. The zero-order valence-corrected chi connectivity index (χ0v) is 40.9. The van der Waals surface area contributed by atoms with Gasteiger partial charge in [0.1, 0.15) is 5.78 Å². The van der Waals surface area contributed by atoms with Crippen molar-refractivity contribution >= 4 is 11.8 Å². The molecule has 0 rings (SSSR count). The number of carbonyl (C=O) groups excluding carboxylic acids is 1. The van der Waals surface area contributed by atoms with Crippen molar-refractivity contribution in [1.29, 1.82) is 0 Å². The quantitative estimate of drug-likeness (QED) is 0.0621. The third-order valence-corrected chi connectivity index (χ3v) is 13.6. The summed E-state index contributed by atoms with van der Waals surface area (Å²) < 4.78 is 0. The Labute approximate surface area is 372 Å². The molecule has 3 nitrogen and oxygen atoms in total. The highest BCUT2D eigenvalue weighted by atomic mass is 16.4. The molecule has 0 aliphatic carbocycles. The molecule has 0 aromatic rings. The van der Waals surface area contributed by atoms with Crippen LogP contribution in [0.3, 0.4) is 0 Å². The zero-order chi connectivity index (χ0) is 42.8. The summed E-state index contributed by atoms with van der Waals surface area (Å²) >= 11 is 0. The molecular formula is C56H110O3. The number of carbonyl (C=O) groups is 2. The largest absolute Gasteiger partial charge is 0.481 e. The number of unbranched alkanes of at least 4 members (excludes halogenated alkanes) is 44. The van der Waals surface area contributed by atoms with E-state index in [1.165, 1.54) is 276 Å². The zero-order valence-electron chi connectivity index (χ0n) is 40.9. The molecule has 59 heavy (non-hydrogen) atoms. The van der Waals surface area contributed by atoms with Crippen LogP contribution in [0.5, 0.6) is 0 Å². The van der Waals surface area contributed by atoms with Crippen LogP contribution in [-0.4, -0.2) is 16.9 Å². The first kappa shape index (κ1) is 58.1. The van der Waals surface area contributed by atoms with E-state index in [9.17, 15) is 14.7 Å². The van der Waals surface area contributed by atoms with Gasteiger partial charge in [0.2, 0.25) is 0 Å². The van der Waals surface area contributed by atoms with Gasteiger partial charge in [-0.2, -0.15) is 0 Å². The van der Waals surface area contributed by atoms with Crippen LogP contribution in [0.25, 0.3) is 0 Å². The molecule has 0 spiro atoms. The van der Waals surface area contributed by atoms with Gasteiger partial charge >= 0.3 is 5.97 Å². The highest BCUT2D eigenvalue weighted by molar-refractivity contribution is 5.78. The Kier molecular flexibility index (Phi) is 50.7. The predicted molar refractivity (Wildman–Crippen MR) is 263 cm³/mol. The van der Waals surface area contributed by atoms with Gasteiger partial charge in [0, 0.05) is 12.8 Å². The molecule has 0 aliphatic heterocycles. The SMILES string of the molecule is CCCCCCCCCCCCCCCCCCCCC(CCCCCCCCCCCCCCCCC(=O)CCCCCCCCCCCCCCCCC)C(=O)O.